The summed E-state index contributed by atoms with van der Waals surface area (Å²) >= 11 is 0. The van der Waals surface area contributed by atoms with Crippen molar-refractivity contribution < 1.29 is 23.5 Å². The number of benzene rings is 3. The minimum Gasteiger partial charge on any atom is -0.497 e. The number of carbonyl (C=O) groups is 2. The van der Waals surface area contributed by atoms with E-state index in [-0.39, 0.29) is 24.0 Å². The van der Waals surface area contributed by atoms with Crippen molar-refractivity contribution in [1.29, 1.82) is 0 Å². The molecular weight excluding hydrogens is 437 g/mol. The fourth-order valence-corrected chi connectivity index (χ4v) is 3.75. The van der Waals surface area contributed by atoms with E-state index in [0.29, 0.717) is 37.6 Å². The Kier molecular flexibility index (Phi) is 7.27. The Bertz CT molecular complexity index is 1130. The quantitative estimate of drug-likeness (QED) is 0.577. The van der Waals surface area contributed by atoms with Crippen molar-refractivity contribution in [2.24, 2.45) is 0 Å². The van der Waals surface area contributed by atoms with Crippen LogP contribution in [0.5, 0.6) is 11.5 Å². The standard InChI is InChI=1S/C26H26FN3O4/c1-33-21-10-12-22(13-11-21)34-18-25(31)28-19-6-8-20(9-7-19)29-14-16-30(17-15-29)26(32)23-4-2-3-5-24(23)27/h2-13H,14-18H2,1H3,(H,28,31). The number of anilines is 2. The van der Waals surface area contributed by atoms with Crippen LogP contribution in [0.25, 0.3) is 0 Å². The highest BCUT2D eigenvalue weighted by Crippen LogP contribution is 2.21. The second kappa shape index (κ2) is 10.7. The van der Waals surface area contributed by atoms with Crippen LogP contribution in [-0.4, -0.2) is 56.6 Å². The number of rotatable bonds is 7. The Morgan fingerprint density at radius 2 is 1.53 bits per heavy atom. The van der Waals surface area contributed by atoms with Crippen molar-refractivity contribution in [3.63, 3.8) is 0 Å². The van der Waals surface area contributed by atoms with Gasteiger partial charge >= 0.3 is 0 Å². The van der Waals surface area contributed by atoms with Crippen LogP contribution in [0, 0.1) is 5.82 Å². The molecule has 1 fully saturated rings. The Labute approximate surface area is 197 Å². The van der Waals surface area contributed by atoms with Crippen molar-refractivity contribution >= 4 is 23.2 Å². The lowest BCUT2D eigenvalue weighted by atomic mass is 10.1. The number of carbonyl (C=O) groups excluding carboxylic acids is 2. The van der Waals surface area contributed by atoms with Gasteiger partial charge in [0.15, 0.2) is 6.61 Å². The normalized spacial score (nSPS) is 13.4. The van der Waals surface area contributed by atoms with Gasteiger partial charge in [-0.05, 0) is 60.7 Å². The summed E-state index contributed by atoms with van der Waals surface area (Å²) in [6.07, 6.45) is 0. The van der Waals surface area contributed by atoms with Gasteiger partial charge in [0, 0.05) is 37.6 Å². The number of piperazine rings is 1. The lowest BCUT2D eigenvalue weighted by molar-refractivity contribution is -0.118. The van der Waals surface area contributed by atoms with E-state index >= 15 is 0 Å². The van der Waals surface area contributed by atoms with Crippen molar-refractivity contribution in [2.45, 2.75) is 0 Å². The molecule has 0 atom stereocenters. The average molecular weight is 464 g/mol. The number of nitrogens with one attached hydrogen (secondary N) is 1. The van der Waals surface area contributed by atoms with Gasteiger partial charge in [-0.25, -0.2) is 4.39 Å². The molecular formula is C26H26FN3O4. The van der Waals surface area contributed by atoms with Crippen LogP contribution in [-0.2, 0) is 4.79 Å². The second-order valence-electron chi connectivity index (χ2n) is 7.82. The number of amides is 2. The van der Waals surface area contributed by atoms with Gasteiger partial charge in [-0.2, -0.15) is 0 Å². The second-order valence-corrected chi connectivity index (χ2v) is 7.82. The lowest BCUT2D eigenvalue weighted by Gasteiger charge is -2.36. The molecule has 1 aliphatic heterocycles. The molecule has 0 aromatic heterocycles. The summed E-state index contributed by atoms with van der Waals surface area (Å²) in [5.74, 6) is 0.257. The monoisotopic (exact) mass is 463 g/mol. The predicted molar refractivity (Wildman–Crippen MR) is 128 cm³/mol. The molecule has 34 heavy (non-hydrogen) atoms. The molecule has 0 spiro atoms. The number of halogens is 1. The van der Waals surface area contributed by atoms with E-state index < -0.39 is 5.82 Å². The molecule has 1 aliphatic rings. The molecule has 1 heterocycles. The minimum atomic E-state index is -0.498. The minimum absolute atomic E-state index is 0.104. The maximum Gasteiger partial charge on any atom is 0.262 e. The van der Waals surface area contributed by atoms with Crippen molar-refractivity contribution in [2.75, 3.05) is 50.1 Å². The van der Waals surface area contributed by atoms with Gasteiger partial charge in [0.2, 0.25) is 0 Å². The molecule has 1 N–H and O–H groups in total. The van der Waals surface area contributed by atoms with Gasteiger partial charge in [0.1, 0.15) is 17.3 Å². The van der Waals surface area contributed by atoms with Crippen LogP contribution in [0.3, 0.4) is 0 Å². The summed E-state index contributed by atoms with van der Waals surface area (Å²) < 4.78 is 24.5. The number of nitrogens with zero attached hydrogens (tertiary/aromatic N) is 2. The zero-order valence-electron chi connectivity index (χ0n) is 18.9. The maximum atomic E-state index is 13.9. The SMILES string of the molecule is COc1ccc(OCC(=O)Nc2ccc(N3CCN(C(=O)c4ccccc4F)CC3)cc2)cc1. The number of hydrogen-bond acceptors (Lipinski definition) is 5. The molecule has 2 amide bonds. The third-order valence-electron chi connectivity index (χ3n) is 5.62. The first-order valence-corrected chi connectivity index (χ1v) is 11.0. The van der Waals surface area contributed by atoms with Gasteiger partial charge in [-0.1, -0.05) is 12.1 Å². The maximum absolute atomic E-state index is 13.9. The van der Waals surface area contributed by atoms with Crippen LogP contribution in [0.4, 0.5) is 15.8 Å². The average Bonchev–Trinajstić information content (AvgIpc) is 2.88. The largest absolute Gasteiger partial charge is 0.497 e. The van der Waals surface area contributed by atoms with E-state index in [1.54, 1.807) is 48.4 Å². The van der Waals surface area contributed by atoms with Crippen LogP contribution < -0.4 is 19.7 Å². The van der Waals surface area contributed by atoms with Gasteiger partial charge in [0.05, 0.1) is 12.7 Å². The highest BCUT2D eigenvalue weighted by Gasteiger charge is 2.24. The number of methoxy groups -OCH3 is 1. The number of ether oxygens (including phenoxy) is 2. The molecule has 176 valence electrons. The molecule has 8 heteroatoms. The smallest absolute Gasteiger partial charge is 0.262 e. The Morgan fingerprint density at radius 3 is 2.18 bits per heavy atom. The summed E-state index contributed by atoms with van der Waals surface area (Å²) in [5.41, 5.74) is 1.76. The molecule has 0 unspecified atom stereocenters. The Hall–Kier alpha value is -4.07. The lowest BCUT2D eigenvalue weighted by Crippen LogP contribution is -2.49. The van der Waals surface area contributed by atoms with E-state index in [4.69, 9.17) is 9.47 Å². The highest BCUT2D eigenvalue weighted by atomic mass is 19.1. The van der Waals surface area contributed by atoms with E-state index in [1.165, 1.54) is 12.1 Å². The first-order chi connectivity index (χ1) is 16.5. The van der Waals surface area contributed by atoms with E-state index in [1.807, 2.05) is 24.3 Å². The Balaban J connectivity index is 1.25. The summed E-state index contributed by atoms with van der Waals surface area (Å²) in [4.78, 5) is 28.6. The van der Waals surface area contributed by atoms with E-state index in [2.05, 4.69) is 10.2 Å². The highest BCUT2D eigenvalue weighted by molar-refractivity contribution is 5.94. The van der Waals surface area contributed by atoms with Crippen molar-refractivity contribution in [1.82, 2.24) is 4.90 Å². The zero-order chi connectivity index (χ0) is 23.9. The molecule has 3 aromatic carbocycles. The molecule has 3 aromatic rings. The van der Waals surface area contributed by atoms with Gasteiger partial charge < -0.3 is 24.6 Å². The van der Waals surface area contributed by atoms with Gasteiger partial charge in [-0.3, -0.25) is 9.59 Å². The third kappa shape index (κ3) is 5.64. The number of hydrogen-bond donors (Lipinski definition) is 1. The molecule has 4 rings (SSSR count). The summed E-state index contributed by atoms with van der Waals surface area (Å²) in [7, 11) is 1.59. The van der Waals surface area contributed by atoms with E-state index in [0.717, 1.165) is 11.4 Å². The van der Waals surface area contributed by atoms with Crippen molar-refractivity contribution in [3.05, 3.63) is 84.2 Å². The predicted octanol–water partition coefficient (Wildman–Crippen LogP) is 3.81. The molecule has 1 saturated heterocycles. The van der Waals surface area contributed by atoms with Crippen molar-refractivity contribution in [3.8, 4) is 11.5 Å². The summed E-state index contributed by atoms with van der Waals surface area (Å²) in [6.45, 7) is 2.19. The van der Waals surface area contributed by atoms with E-state index in [9.17, 15) is 14.0 Å². The zero-order valence-corrected chi connectivity index (χ0v) is 18.9. The van der Waals surface area contributed by atoms with Crippen LogP contribution in [0.1, 0.15) is 10.4 Å². The van der Waals surface area contributed by atoms with Crippen LogP contribution >= 0.6 is 0 Å². The first-order valence-electron chi connectivity index (χ1n) is 11.0. The third-order valence-corrected chi connectivity index (χ3v) is 5.62. The Morgan fingerprint density at radius 1 is 0.882 bits per heavy atom. The summed E-state index contributed by atoms with van der Waals surface area (Å²) in [5, 5.41) is 2.81. The fourth-order valence-electron chi connectivity index (χ4n) is 3.75. The molecule has 0 bridgehead atoms. The topological polar surface area (TPSA) is 71.1 Å². The van der Waals surface area contributed by atoms with Gasteiger partial charge in [0.25, 0.3) is 11.8 Å². The summed E-state index contributed by atoms with van der Waals surface area (Å²) in [6, 6.07) is 20.6. The first kappa shape index (κ1) is 23.1. The fraction of sp³-hybridized carbons (Fsp3) is 0.231. The molecule has 0 radical (unpaired) electrons. The molecule has 0 saturated carbocycles. The van der Waals surface area contributed by atoms with Crippen LogP contribution in [0.15, 0.2) is 72.8 Å². The van der Waals surface area contributed by atoms with Crippen LogP contribution in [0.2, 0.25) is 0 Å². The van der Waals surface area contributed by atoms with Gasteiger partial charge in [-0.15, -0.1) is 0 Å². The molecule has 0 aliphatic carbocycles. The molecule has 7 nitrogen and oxygen atoms in total.